The Morgan fingerprint density at radius 3 is 2.50 bits per heavy atom. The van der Waals surface area contributed by atoms with Crippen LogP contribution in [0.1, 0.15) is 33.3 Å². The number of nitrogens with one attached hydrogen (secondary N) is 1. The molecule has 0 fully saturated rings. The molecule has 0 bridgehead atoms. The smallest absolute Gasteiger partial charge is 0.0346 e. The van der Waals surface area contributed by atoms with Crippen molar-refractivity contribution in [3.8, 4) is 0 Å². The van der Waals surface area contributed by atoms with Crippen LogP contribution in [-0.4, -0.2) is 30.1 Å². The second-order valence-corrected chi connectivity index (χ2v) is 6.77. The van der Waals surface area contributed by atoms with Gasteiger partial charge in [0.15, 0.2) is 0 Å². The van der Waals surface area contributed by atoms with Gasteiger partial charge in [0, 0.05) is 36.4 Å². The number of fused-ring (bicyclic) bond motifs is 1. The summed E-state index contributed by atoms with van der Waals surface area (Å²) in [6.45, 7) is 12.2. The molecule has 20 heavy (non-hydrogen) atoms. The number of hydrogen-bond donors (Lipinski definition) is 1. The van der Waals surface area contributed by atoms with E-state index in [0.717, 1.165) is 19.6 Å². The van der Waals surface area contributed by atoms with Crippen molar-refractivity contribution in [3.05, 3.63) is 35.2 Å². The van der Waals surface area contributed by atoms with E-state index in [9.17, 15) is 0 Å². The molecule has 0 aliphatic rings. The molecule has 0 radical (unpaired) electrons. The van der Waals surface area contributed by atoms with Crippen LogP contribution >= 0.6 is 11.3 Å². The lowest BCUT2D eigenvalue weighted by molar-refractivity contribution is 0.176. The predicted octanol–water partition coefficient (Wildman–Crippen LogP) is 4.11. The molecule has 1 aromatic heterocycles. The van der Waals surface area contributed by atoms with Crippen LogP contribution in [0.3, 0.4) is 0 Å². The Morgan fingerprint density at radius 1 is 1.10 bits per heavy atom. The Bertz CT molecular complexity index is 523. The molecule has 2 rings (SSSR count). The Hall–Kier alpha value is -0.900. The number of benzene rings is 1. The van der Waals surface area contributed by atoms with E-state index in [2.05, 4.69) is 67.6 Å². The van der Waals surface area contributed by atoms with Crippen molar-refractivity contribution in [2.45, 2.75) is 46.3 Å². The lowest BCUT2D eigenvalue weighted by Gasteiger charge is -2.30. The van der Waals surface area contributed by atoms with Crippen LogP contribution in [0.2, 0.25) is 0 Å². The fourth-order valence-electron chi connectivity index (χ4n) is 2.71. The summed E-state index contributed by atoms with van der Waals surface area (Å²) in [6, 6.07) is 9.87. The normalized spacial score (nSPS) is 12.2. The maximum Gasteiger partial charge on any atom is 0.0346 e. The lowest BCUT2D eigenvalue weighted by Crippen LogP contribution is -2.41. The van der Waals surface area contributed by atoms with Crippen LogP contribution in [0.25, 0.3) is 10.1 Å². The molecule has 2 nitrogen and oxygen atoms in total. The van der Waals surface area contributed by atoms with Crippen molar-refractivity contribution in [2.75, 3.05) is 13.1 Å². The van der Waals surface area contributed by atoms with Crippen molar-refractivity contribution < 1.29 is 0 Å². The van der Waals surface area contributed by atoms with Gasteiger partial charge in [-0.1, -0.05) is 18.2 Å². The zero-order chi connectivity index (χ0) is 14.5. The third-order valence-corrected chi connectivity index (χ3v) is 4.76. The van der Waals surface area contributed by atoms with Crippen molar-refractivity contribution in [3.63, 3.8) is 0 Å². The monoisotopic (exact) mass is 290 g/mol. The molecular formula is C17H26N2S. The van der Waals surface area contributed by atoms with Crippen LogP contribution in [0.5, 0.6) is 0 Å². The molecule has 110 valence electrons. The van der Waals surface area contributed by atoms with E-state index < -0.39 is 0 Å². The van der Waals surface area contributed by atoms with Gasteiger partial charge in [0.25, 0.3) is 0 Å². The summed E-state index contributed by atoms with van der Waals surface area (Å²) in [7, 11) is 0. The first kappa shape index (κ1) is 15.5. The highest BCUT2D eigenvalue weighted by Crippen LogP contribution is 2.25. The summed E-state index contributed by atoms with van der Waals surface area (Å²) in [5.41, 5.74) is 1.42. The van der Waals surface area contributed by atoms with E-state index >= 15 is 0 Å². The van der Waals surface area contributed by atoms with Gasteiger partial charge >= 0.3 is 0 Å². The fraction of sp³-hybridized carbons (Fsp3) is 0.529. The van der Waals surface area contributed by atoms with Gasteiger partial charge in [-0.15, -0.1) is 11.3 Å². The van der Waals surface area contributed by atoms with E-state index in [1.54, 1.807) is 0 Å². The molecule has 1 heterocycles. The van der Waals surface area contributed by atoms with Crippen molar-refractivity contribution in [2.24, 2.45) is 0 Å². The van der Waals surface area contributed by atoms with Crippen molar-refractivity contribution in [1.29, 1.82) is 0 Å². The van der Waals surface area contributed by atoms with Crippen LogP contribution in [0.15, 0.2) is 29.6 Å². The highest BCUT2D eigenvalue weighted by Gasteiger charge is 2.12. The van der Waals surface area contributed by atoms with E-state index in [4.69, 9.17) is 0 Å². The Morgan fingerprint density at radius 2 is 1.80 bits per heavy atom. The second kappa shape index (κ2) is 7.21. The van der Waals surface area contributed by atoms with Gasteiger partial charge in [0.05, 0.1) is 0 Å². The largest absolute Gasteiger partial charge is 0.311 e. The summed E-state index contributed by atoms with van der Waals surface area (Å²) in [5, 5.41) is 7.26. The molecule has 0 spiro atoms. The highest BCUT2D eigenvalue weighted by molar-refractivity contribution is 7.17. The third kappa shape index (κ3) is 3.81. The first-order valence-corrected chi connectivity index (χ1v) is 8.39. The zero-order valence-corrected chi connectivity index (χ0v) is 13.8. The predicted molar refractivity (Wildman–Crippen MR) is 90.5 cm³/mol. The fourth-order valence-corrected chi connectivity index (χ4v) is 3.68. The number of thiophene rings is 1. The van der Waals surface area contributed by atoms with Gasteiger partial charge in [0.2, 0.25) is 0 Å². The average Bonchev–Trinajstić information content (AvgIpc) is 2.81. The topological polar surface area (TPSA) is 15.3 Å². The van der Waals surface area contributed by atoms with Gasteiger partial charge < -0.3 is 5.32 Å². The van der Waals surface area contributed by atoms with Crippen LogP contribution in [0.4, 0.5) is 0 Å². The number of hydrogen-bond acceptors (Lipinski definition) is 3. The quantitative estimate of drug-likeness (QED) is 0.772. The molecule has 0 unspecified atom stereocenters. The maximum atomic E-state index is 3.59. The molecule has 0 aliphatic carbocycles. The summed E-state index contributed by atoms with van der Waals surface area (Å²) in [4.78, 5) is 2.53. The maximum absolute atomic E-state index is 3.59. The SMILES string of the molecule is CC(C)N(CCNCc1csc2ccccc12)C(C)C. The second-order valence-electron chi connectivity index (χ2n) is 5.86. The van der Waals surface area contributed by atoms with E-state index in [1.807, 2.05) is 11.3 Å². The Kier molecular flexibility index (Phi) is 5.58. The van der Waals surface area contributed by atoms with E-state index in [1.165, 1.54) is 15.6 Å². The molecule has 0 aliphatic heterocycles. The molecule has 0 amide bonds. The average molecular weight is 290 g/mol. The molecule has 1 N–H and O–H groups in total. The minimum Gasteiger partial charge on any atom is -0.311 e. The molecule has 0 saturated carbocycles. The van der Waals surface area contributed by atoms with Crippen LogP contribution < -0.4 is 5.32 Å². The van der Waals surface area contributed by atoms with Gasteiger partial charge in [-0.05, 0) is 50.1 Å². The Balaban J connectivity index is 1.84. The number of nitrogens with zero attached hydrogens (tertiary/aromatic N) is 1. The molecule has 1 aromatic carbocycles. The van der Waals surface area contributed by atoms with Crippen LogP contribution in [0, 0.1) is 0 Å². The summed E-state index contributed by atoms with van der Waals surface area (Å²) in [5.74, 6) is 0. The Labute approximate surface area is 126 Å². The van der Waals surface area contributed by atoms with E-state index in [0.29, 0.717) is 12.1 Å². The first-order valence-electron chi connectivity index (χ1n) is 7.51. The molecule has 3 heteroatoms. The van der Waals surface area contributed by atoms with Gasteiger partial charge in [0.1, 0.15) is 0 Å². The minimum absolute atomic E-state index is 0.610. The molecule has 0 atom stereocenters. The summed E-state index contributed by atoms with van der Waals surface area (Å²) >= 11 is 1.84. The van der Waals surface area contributed by atoms with Crippen molar-refractivity contribution in [1.82, 2.24) is 10.2 Å². The lowest BCUT2D eigenvalue weighted by atomic mass is 10.2. The first-order chi connectivity index (χ1) is 9.59. The van der Waals surface area contributed by atoms with E-state index in [-0.39, 0.29) is 0 Å². The van der Waals surface area contributed by atoms with Gasteiger partial charge in [-0.2, -0.15) is 0 Å². The minimum atomic E-state index is 0.610. The van der Waals surface area contributed by atoms with Crippen LogP contribution in [-0.2, 0) is 6.54 Å². The highest BCUT2D eigenvalue weighted by atomic mass is 32.1. The number of rotatable bonds is 7. The standard InChI is InChI=1S/C17H26N2S/c1-13(2)19(14(3)4)10-9-18-11-15-12-20-17-8-6-5-7-16(15)17/h5-8,12-14,18H,9-11H2,1-4H3. The van der Waals surface area contributed by atoms with Gasteiger partial charge in [-0.3, -0.25) is 4.90 Å². The summed E-state index contributed by atoms with van der Waals surface area (Å²) < 4.78 is 1.38. The zero-order valence-electron chi connectivity index (χ0n) is 13.0. The third-order valence-electron chi connectivity index (χ3n) is 3.75. The summed E-state index contributed by atoms with van der Waals surface area (Å²) in [6.07, 6.45) is 0. The van der Waals surface area contributed by atoms with Gasteiger partial charge in [-0.25, -0.2) is 0 Å². The molecular weight excluding hydrogens is 264 g/mol. The van der Waals surface area contributed by atoms with Crippen molar-refractivity contribution >= 4 is 21.4 Å². The molecule has 0 saturated heterocycles. The molecule has 2 aromatic rings.